The summed E-state index contributed by atoms with van der Waals surface area (Å²) in [5.74, 6) is 0.933. The smallest absolute Gasteiger partial charge is 0.223 e. The Balaban J connectivity index is 4.01. The molecule has 0 aliphatic heterocycles. The summed E-state index contributed by atoms with van der Waals surface area (Å²) in [5.41, 5.74) is 5.44. The number of amides is 1. The Bertz CT molecular complexity index is 197. The first-order chi connectivity index (χ1) is 6.00. The molecule has 1 atom stereocenters. The van der Waals surface area contributed by atoms with Crippen molar-refractivity contribution in [3.63, 3.8) is 0 Å². The molecule has 13 heavy (non-hydrogen) atoms. The van der Waals surface area contributed by atoms with Gasteiger partial charge in [-0.1, -0.05) is 12.2 Å². The standard InChI is InChI=1S/C8H16N2OS2/c1-6(8(9)12)10(2)7(11)4-5-13-3/h6H,4-5H2,1-3H3,(H2,9,12). The zero-order valence-corrected chi connectivity index (χ0v) is 9.87. The highest BCUT2D eigenvalue weighted by Crippen LogP contribution is 2.03. The van der Waals surface area contributed by atoms with E-state index in [0.717, 1.165) is 5.75 Å². The van der Waals surface area contributed by atoms with Crippen molar-refractivity contribution in [3.8, 4) is 0 Å². The van der Waals surface area contributed by atoms with Gasteiger partial charge in [0.05, 0.1) is 11.0 Å². The van der Waals surface area contributed by atoms with E-state index in [-0.39, 0.29) is 11.9 Å². The zero-order valence-electron chi connectivity index (χ0n) is 8.24. The quantitative estimate of drug-likeness (QED) is 0.699. The molecular weight excluding hydrogens is 204 g/mol. The van der Waals surface area contributed by atoms with Crippen molar-refractivity contribution in [3.05, 3.63) is 0 Å². The van der Waals surface area contributed by atoms with Crippen LogP contribution >= 0.6 is 24.0 Å². The van der Waals surface area contributed by atoms with Crippen LogP contribution in [0.25, 0.3) is 0 Å². The van der Waals surface area contributed by atoms with Crippen molar-refractivity contribution in [1.82, 2.24) is 4.90 Å². The van der Waals surface area contributed by atoms with Crippen molar-refractivity contribution >= 4 is 34.9 Å². The minimum atomic E-state index is -0.149. The lowest BCUT2D eigenvalue weighted by Crippen LogP contribution is -2.42. The molecule has 0 saturated heterocycles. The number of likely N-dealkylation sites (N-methyl/N-ethyl adjacent to an activating group) is 1. The van der Waals surface area contributed by atoms with Crippen molar-refractivity contribution in [1.29, 1.82) is 0 Å². The maximum atomic E-state index is 11.4. The molecule has 0 aromatic heterocycles. The van der Waals surface area contributed by atoms with Gasteiger partial charge in [0, 0.05) is 19.2 Å². The Morgan fingerprint density at radius 2 is 2.23 bits per heavy atom. The monoisotopic (exact) mass is 220 g/mol. The number of hydrogen-bond acceptors (Lipinski definition) is 3. The molecule has 0 bridgehead atoms. The van der Waals surface area contributed by atoms with Gasteiger partial charge >= 0.3 is 0 Å². The minimum absolute atomic E-state index is 0.0923. The molecule has 0 fully saturated rings. The Hall–Kier alpha value is -0.290. The SMILES string of the molecule is CSCCC(=O)N(C)C(C)C(N)=S. The van der Waals surface area contributed by atoms with Gasteiger partial charge in [-0.15, -0.1) is 0 Å². The predicted octanol–water partition coefficient (Wildman–Crippen LogP) is 0.873. The van der Waals surface area contributed by atoms with E-state index >= 15 is 0 Å². The predicted molar refractivity (Wildman–Crippen MR) is 62.0 cm³/mol. The molecule has 0 rings (SSSR count). The van der Waals surface area contributed by atoms with E-state index in [0.29, 0.717) is 11.4 Å². The third-order valence-corrected chi connectivity index (χ3v) is 2.86. The molecule has 0 heterocycles. The highest BCUT2D eigenvalue weighted by atomic mass is 32.2. The van der Waals surface area contributed by atoms with Gasteiger partial charge in [-0.05, 0) is 13.2 Å². The number of carbonyl (C=O) groups excluding carboxylic acids is 1. The maximum absolute atomic E-state index is 11.4. The summed E-state index contributed by atoms with van der Waals surface area (Å²) < 4.78 is 0. The number of rotatable bonds is 5. The number of thiocarbonyl (C=S) groups is 1. The molecular formula is C8H16N2OS2. The first-order valence-corrected chi connectivity index (χ1v) is 5.84. The Morgan fingerprint density at radius 3 is 2.62 bits per heavy atom. The van der Waals surface area contributed by atoms with Crippen LogP contribution in [0.2, 0.25) is 0 Å². The summed E-state index contributed by atoms with van der Waals surface area (Å²) in [4.78, 5) is 13.4. The molecule has 0 aliphatic carbocycles. The van der Waals surface area contributed by atoms with E-state index in [4.69, 9.17) is 18.0 Å². The highest BCUT2D eigenvalue weighted by Gasteiger charge is 2.16. The molecule has 5 heteroatoms. The molecule has 2 N–H and O–H groups in total. The Labute approximate surface area is 89.0 Å². The average Bonchev–Trinajstić information content (AvgIpc) is 2.11. The first kappa shape index (κ1) is 12.7. The first-order valence-electron chi connectivity index (χ1n) is 4.04. The fourth-order valence-corrected chi connectivity index (χ4v) is 1.31. The van der Waals surface area contributed by atoms with Gasteiger partial charge in [-0.3, -0.25) is 4.79 Å². The molecule has 0 aromatic carbocycles. The number of thioether (sulfide) groups is 1. The molecule has 76 valence electrons. The van der Waals surface area contributed by atoms with Crippen LogP contribution < -0.4 is 5.73 Å². The number of nitrogens with zero attached hydrogens (tertiary/aromatic N) is 1. The molecule has 0 radical (unpaired) electrons. The molecule has 0 saturated carbocycles. The molecule has 1 amide bonds. The van der Waals surface area contributed by atoms with Crippen LogP contribution in [0.5, 0.6) is 0 Å². The molecule has 0 aromatic rings. The number of carbonyl (C=O) groups is 1. The summed E-state index contributed by atoms with van der Waals surface area (Å²) in [6.45, 7) is 1.83. The molecule has 0 spiro atoms. The second-order valence-corrected chi connectivity index (χ2v) is 4.28. The van der Waals surface area contributed by atoms with E-state index in [2.05, 4.69) is 0 Å². The average molecular weight is 220 g/mol. The van der Waals surface area contributed by atoms with Crippen molar-refractivity contribution in [2.75, 3.05) is 19.1 Å². The second kappa shape index (κ2) is 6.21. The van der Waals surface area contributed by atoms with Gasteiger partial charge in [0.15, 0.2) is 0 Å². The lowest BCUT2D eigenvalue weighted by atomic mass is 10.3. The Morgan fingerprint density at radius 1 is 1.69 bits per heavy atom. The zero-order chi connectivity index (χ0) is 10.4. The van der Waals surface area contributed by atoms with Gasteiger partial charge in [0.25, 0.3) is 0 Å². The van der Waals surface area contributed by atoms with Crippen LogP contribution in [0.1, 0.15) is 13.3 Å². The Kier molecular flexibility index (Phi) is 6.07. The summed E-state index contributed by atoms with van der Waals surface area (Å²) in [7, 11) is 1.73. The number of hydrogen-bond donors (Lipinski definition) is 1. The third kappa shape index (κ3) is 4.47. The van der Waals surface area contributed by atoms with Crippen molar-refractivity contribution in [2.24, 2.45) is 5.73 Å². The minimum Gasteiger partial charge on any atom is -0.392 e. The topological polar surface area (TPSA) is 46.3 Å². The van der Waals surface area contributed by atoms with Crippen LogP contribution in [-0.2, 0) is 4.79 Å². The van der Waals surface area contributed by atoms with Crippen LogP contribution in [0, 0.1) is 0 Å². The summed E-state index contributed by atoms with van der Waals surface area (Å²) in [6.07, 6.45) is 2.52. The summed E-state index contributed by atoms with van der Waals surface area (Å²) in [6, 6.07) is -0.149. The van der Waals surface area contributed by atoms with Gasteiger partial charge in [0.2, 0.25) is 5.91 Å². The largest absolute Gasteiger partial charge is 0.392 e. The lowest BCUT2D eigenvalue weighted by Gasteiger charge is -2.23. The van der Waals surface area contributed by atoms with Crippen molar-refractivity contribution < 1.29 is 4.79 Å². The maximum Gasteiger partial charge on any atom is 0.223 e. The van der Waals surface area contributed by atoms with Gasteiger partial charge in [-0.2, -0.15) is 11.8 Å². The van der Waals surface area contributed by atoms with Crippen LogP contribution in [0.15, 0.2) is 0 Å². The van der Waals surface area contributed by atoms with Crippen LogP contribution in [0.3, 0.4) is 0 Å². The van der Waals surface area contributed by atoms with E-state index in [1.54, 1.807) is 23.7 Å². The second-order valence-electron chi connectivity index (χ2n) is 2.83. The van der Waals surface area contributed by atoms with E-state index in [9.17, 15) is 4.79 Å². The fourth-order valence-electron chi connectivity index (χ4n) is 0.773. The fraction of sp³-hybridized carbons (Fsp3) is 0.750. The normalized spacial score (nSPS) is 12.2. The highest BCUT2D eigenvalue weighted by molar-refractivity contribution is 7.98. The summed E-state index contributed by atoms with van der Waals surface area (Å²) in [5, 5.41) is 0. The van der Waals surface area contributed by atoms with E-state index in [1.807, 2.05) is 13.2 Å². The molecule has 1 unspecified atom stereocenters. The third-order valence-electron chi connectivity index (χ3n) is 1.91. The van der Waals surface area contributed by atoms with Crippen LogP contribution in [0.4, 0.5) is 0 Å². The van der Waals surface area contributed by atoms with Gasteiger partial charge in [0.1, 0.15) is 0 Å². The summed E-state index contributed by atoms with van der Waals surface area (Å²) >= 11 is 6.46. The van der Waals surface area contributed by atoms with Crippen molar-refractivity contribution in [2.45, 2.75) is 19.4 Å². The molecule has 3 nitrogen and oxygen atoms in total. The van der Waals surface area contributed by atoms with Crippen LogP contribution in [-0.4, -0.2) is 40.9 Å². The number of nitrogens with two attached hydrogens (primary N) is 1. The van der Waals surface area contributed by atoms with E-state index in [1.165, 1.54) is 0 Å². The van der Waals surface area contributed by atoms with Gasteiger partial charge in [-0.25, -0.2) is 0 Å². The van der Waals surface area contributed by atoms with E-state index < -0.39 is 0 Å². The van der Waals surface area contributed by atoms with Gasteiger partial charge < -0.3 is 10.6 Å². The molecule has 0 aliphatic rings. The lowest BCUT2D eigenvalue weighted by molar-refractivity contribution is -0.130.